The monoisotopic (exact) mass is 341 g/mol. The van der Waals surface area contributed by atoms with Gasteiger partial charge in [0.15, 0.2) is 6.29 Å². The fraction of sp³-hybridized carbons (Fsp3) is 0.211. The molecule has 0 N–H and O–H groups in total. The predicted octanol–water partition coefficient (Wildman–Crippen LogP) is 4.34. The Morgan fingerprint density at radius 3 is 2.88 bits per heavy atom. The SMILES string of the molecule is C/C=C(Cl)/C(=C\C(C=O)=NC)CC1=CCC=C(n2cccn2)C=C1. The number of rotatable bonds is 6. The highest BCUT2D eigenvalue weighted by Gasteiger charge is 2.08. The molecule has 0 saturated carbocycles. The summed E-state index contributed by atoms with van der Waals surface area (Å²) >= 11 is 6.30. The molecular formula is C19H20ClN3O. The summed E-state index contributed by atoms with van der Waals surface area (Å²) in [6.07, 6.45) is 17.7. The Hall–Kier alpha value is -2.46. The highest BCUT2D eigenvalue weighted by atomic mass is 35.5. The molecule has 2 rings (SSSR count). The Labute approximate surface area is 147 Å². The number of aldehydes is 1. The lowest BCUT2D eigenvalue weighted by Gasteiger charge is -2.07. The van der Waals surface area contributed by atoms with Crippen molar-refractivity contribution < 1.29 is 4.79 Å². The zero-order chi connectivity index (χ0) is 17.4. The largest absolute Gasteiger partial charge is 0.296 e. The van der Waals surface area contributed by atoms with Crippen molar-refractivity contribution >= 4 is 29.3 Å². The summed E-state index contributed by atoms with van der Waals surface area (Å²) in [7, 11) is 1.59. The van der Waals surface area contributed by atoms with E-state index >= 15 is 0 Å². The lowest BCUT2D eigenvalue weighted by atomic mass is 10.0. The van der Waals surface area contributed by atoms with Crippen LogP contribution in [0.5, 0.6) is 0 Å². The number of halogens is 1. The summed E-state index contributed by atoms with van der Waals surface area (Å²) in [5, 5.41) is 4.87. The third-order valence-corrected chi connectivity index (χ3v) is 4.06. The maximum Gasteiger partial charge on any atom is 0.167 e. The first-order chi connectivity index (χ1) is 11.7. The molecule has 0 bridgehead atoms. The third-order valence-electron chi connectivity index (χ3n) is 3.60. The van der Waals surface area contributed by atoms with Crippen LogP contribution in [0.3, 0.4) is 0 Å². The van der Waals surface area contributed by atoms with Crippen molar-refractivity contribution in [1.82, 2.24) is 9.78 Å². The molecule has 0 spiro atoms. The number of carbonyl (C=O) groups is 1. The van der Waals surface area contributed by atoms with Crippen LogP contribution in [0.4, 0.5) is 0 Å². The number of hydrogen-bond donors (Lipinski definition) is 0. The highest BCUT2D eigenvalue weighted by molar-refractivity contribution is 6.36. The molecule has 5 heteroatoms. The fourth-order valence-electron chi connectivity index (χ4n) is 2.32. The highest BCUT2D eigenvalue weighted by Crippen LogP contribution is 2.25. The Morgan fingerprint density at radius 2 is 2.25 bits per heavy atom. The molecule has 1 aliphatic carbocycles. The van der Waals surface area contributed by atoms with Gasteiger partial charge in [-0.25, -0.2) is 4.68 Å². The third kappa shape index (κ3) is 4.77. The molecule has 0 atom stereocenters. The van der Waals surface area contributed by atoms with Crippen LogP contribution >= 0.6 is 11.6 Å². The van der Waals surface area contributed by atoms with E-state index in [4.69, 9.17) is 11.6 Å². The van der Waals surface area contributed by atoms with E-state index in [1.807, 2.05) is 36.0 Å². The maximum absolute atomic E-state index is 11.0. The Balaban J connectivity index is 2.20. The van der Waals surface area contributed by atoms with Gasteiger partial charge in [0.1, 0.15) is 0 Å². The molecule has 0 fully saturated rings. The number of carbonyl (C=O) groups excluding carboxylic acids is 1. The Kier molecular flexibility index (Phi) is 6.70. The molecule has 0 aromatic carbocycles. The zero-order valence-corrected chi connectivity index (χ0v) is 14.6. The van der Waals surface area contributed by atoms with Crippen molar-refractivity contribution in [2.24, 2.45) is 4.99 Å². The molecular weight excluding hydrogens is 322 g/mol. The van der Waals surface area contributed by atoms with Gasteiger partial charge >= 0.3 is 0 Å². The zero-order valence-electron chi connectivity index (χ0n) is 13.8. The predicted molar refractivity (Wildman–Crippen MR) is 100 cm³/mol. The molecule has 1 aliphatic rings. The van der Waals surface area contributed by atoms with E-state index in [0.717, 1.165) is 29.6 Å². The first-order valence-electron chi connectivity index (χ1n) is 7.70. The second kappa shape index (κ2) is 8.99. The van der Waals surface area contributed by atoms with Crippen molar-refractivity contribution in [3.05, 3.63) is 71.1 Å². The van der Waals surface area contributed by atoms with Gasteiger partial charge in [0.2, 0.25) is 0 Å². The quantitative estimate of drug-likeness (QED) is 0.439. The van der Waals surface area contributed by atoms with Crippen LogP contribution in [0.25, 0.3) is 5.70 Å². The van der Waals surface area contributed by atoms with Crippen LogP contribution in [-0.4, -0.2) is 28.8 Å². The lowest BCUT2D eigenvalue weighted by Crippen LogP contribution is -1.98. The number of aliphatic imine (C=N–C) groups is 1. The number of aromatic nitrogens is 2. The van der Waals surface area contributed by atoms with Gasteiger partial charge in [-0.3, -0.25) is 9.79 Å². The van der Waals surface area contributed by atoms with Crippen LogP contribution < -0.4 is 0 Å². The average Bonchev–Trinajstić information content (AvgIpc) is 3.04. The van der Waals surface area contributed by atoms with Crippen LogP contribution in [0.1, 0.15) is 19.8 Å². The molecule has 4 nitrogen and oxygen atoms in total. The average molecular weight is 342 g/mol. The van der Waals surface area contributed by atoms with Gasteiger partial charge in [-0.15, -0.1) is 0 Å². The maximum atomic E-state index is 11.0. The van der Waals surface area contributed by atoms with Crippen molar-refractivity contribution in [2.45, 2.75) is 19.8 Å². The Morgan fingerprint density at radius 1 is 1.42 bits per heavy atom. The van der Waals surface area contributed by atoms with Crippen LogP contribution in [-0.2, 0) is 4.79 Å². The molecule has 0 amide bonds. The Bertz CT molecular complexity index is 763. The van der Waals surface area contributed by atoms with Crippen molar-refractivity contribution in [1.29, 1.82) is 0 Å². The molecule has 0 radical (unpaired) electrons. The van der Waals surface area contributed by atoms with E-state index in [9.17, 15) is 4.79 Å². The van der Waals surface area contributed by atoms with Gasteiger partial charge < -0.3 is 0 Å². The molecule has 0 saturated heterocycles. The summed E-state index contributed by atoms with van der Waals surface area (Å²) < 4.78 is 1.83. The standard InChI is InChI=1S/C19H20ClN3O/c1-3-19(20)16(13-17(14-24)21-2)12-15-6-4-7-18(9-8-15)23-11-5-10-22-23/h3,5-11,13-14H,4,12H2,1-2H3/b16-13-,19-3-,21-17?. The molecule has 0 aliphatic heterocycles. The first-order valence-corrected chi connectivity index (χ1v) is 8.07. The minimum Gasteiger partial charge on any atom is -0.296 e. The number of allylic oxidation sites excluding steroid dienone is 10. The first kappa shape index (κ1) is 17.9. The molecule has 124 valence electrons. The summed E-state index contributed by atoms with van der Waals surface area (Å²) in [4.78, 5) is 15.0. The minimum atomic E-state index is 0.374. The van der Waals surface area contributed by atoms with Crippen LogP contribution in [0.2, 0.25) is 0 Å². The van der Waals surface area contributed by atoms with Crippen molar-refractivity contribution in [3.8, 4) is 0 Å². The molecule has 0 unspecified atom stereocenters. The van der Waals surface area contributed by atoms with Crippen LogP contribution in [0.15, 0.2) is 76.1 Å². The van der Waals surface area contributed by atoms with E-state index < -0.39 is 0 Å². The van der Waals surface area contributed by atoms with Gasteiger partial charge in [0.05, 0.1) is 11.4 Å². The van der Waals surface area contributed by atoms with Crippen molar-refractivity contribution in [2.75, 3.05) is 7.05 Å². The van der Waals surface area contributed by atoms with Gasteiger partial charge in [0, 0.05) is 24.5 Å². The van der Waals surface area contributed by atoms with E-state index in [2.05, 4.69) is 28.3 Å². The minimum absolute atomic E-state index is 0.374. The van der Waals surface area contributed by atoms with E-state index in [1.165, 1.54) is 0 Å². The number of hydrogen-bond acceptors (Lipinski definition) is 3. The molecule has 1 heterocycles. The van der Waals surface area contributed by atoms with Crippen LogP contribution in [0, 0.1) is 0 Å². The van der Waals surface area contributed by atoms with E-state index in [1.54, 1.807) is 19.3 Å². The fourth-order valence-corrected chi connectivity index (χ4v) is 2.44. The van der Waals surface area contributed by atoms with Gasteiger partial charge in [-0.05, 0) is 49.1 Å². The molecule has 1 aromatic heterocycles. The number of nitrogens with zero attached hydrogens (tertiary/aromatic N) is 3. The lowest BCUT2D eigenvalue weighted by molar-refractivity contribution is -0.102. The summed E-state index contributed by atoms with van der Waals surface area (Å²) in [5.74, 6) is 0. The smallest absolute Gasteiger partial charge is 0.167 e. The summed E-state index contributed by atoms with van der Waals surface area (Å²) in [6, 6.07) is 1.89. The molecule has 24 heavy (non-hydrogen) atoms. The summed E-state index contributed by atoms with van der Waals surface area (Å²) in [6.45, 7) is 1.87. The second-order valence-electron chi connectivity index (χ2n) is 5.18. The van der Waals surface area contributed by atoms with Crippen molar-refractivity contribution in [3.63, 3.8) is 0 Å². The van der Waals surface area contributed by atoms with E-state index in [-0.39, 0.29) is 0 Å². The topological polar surface area (TPSA) is 47.2 Å². The van der Waals surface area contributed by atoms with Gasteiger partial charge in [-0.1, -0.05) is 35.9 Å². The molecule has 1 aromatic rings. The normalized spacial score (nSPS) is 16.5. The van der Waals surface area contributed by atoms with E-state index in [0.29, 0.717) is 17.2 Å². The van der Waals surface area contributed by atoms with Gasteiger partial charge in [-0.2, -0.15) is 5.10 Å². The van der Waals surface area contributed by atoms with Gasteiger partial charge in [0.25, 0.3) is 0 Å². The second-order valence-corrected chi connectivity index (χ2v) is 5.58. The summed E-state index contributed by atoms with van der Waals surface area (Å²) in [5.41, 5.74) is 3.39.